The molecule has 0 heterocycles. The van der Waals surface area contributed by atoms with Gasteiger partial charge >= 0.3 is 0 Å². The molecule has 0 saturated carbocycles. The number of hydrogen-bond acceptors (Lipinski definition) is 2. The van der Waals surface area contributed by atoms with Gasteiger partial charge in [0.2, 0.25) is 6.08 Å². The van der Waals surface area contributed by atoms with Gasteiger partial charge in [0.25, 0.3) is 0 Å². The van der Waals surface area contributed by atoms with Crippen molar-refractivity contribution in [1.29, 1.82) is 0 Å². The average molecular weight is 168 g/mol. The van der Waals surface area contributed by atoms with Crippen LogP contribution in [0.5, 0.6) is 0 Å². The zero-order valence-corrected chi connectivity index (χ0v) is 6.51. The second-order valence-electron chi connectivity index (χ2n) is 2.00. The Labute approximate surface area is 69.5 Å². The van der Waals surface area contributed by atoms with Crippen LogP contribution in [-0.4, -0.2) is 6.08 Å². The fourth-order valence-electron chi connectivity index (χ4n) is 0.712. The number of aliphatic imine (C=N–C) groups is 1. The van der Waals surface area contributed by atoms with E-state index in [-0.39, 0.29) is 0 Å². The highest BCUT2D eigenvalue weighted by molar-refractivity contribution is 6.17. The second-order valence-corrected chi connectivity index (χ2v) is 2.27. The van der Waals surface area contributed by atoms with Gasteiger partial charge in [-0.3, -0.25) is 0 Å². The molecular weight excluding hydrogens is 162 g/mol. The van der Waals surface area contributed by atoms with E-state index in [4.69, 9.17) is 11.6 Å². The molecule has 1 aromatic rings. The normalized spacial score (nSPS) is 8.82. The molecule has 3 heteroatoms. The number of benzene rings is 1. The van der Waals surface area contributed by atoms with Crippen LogP contribution in [0.4, 0.5) is 5.69 Å². The van der Waals surface area contributed by atoms with Gasteiger partial charge in [-0.25, -0.2) is 4.79 Å². The van der Waals surface area contributed by atoms with E-state index in [1.807, 2.05) is 12.1 Å². The van der Waals surface area contributed by atoms with Crippen LogP contribution in [0.25, 0.3) is 0 Å². The lowest BCUT2D eigenvalue weighted by atomic mass is 10.2. The molecule has 0 N–H and O–H groups in total. The maximum atomic E-state index is 9.81. The van der Waals surface area contributed by atoms with Crippen molar-refractivity contribution in [3.05, 3.63) is 29.8 Å². The lowest BCUT2D eigenvalue weighted by molar-refractivity contribution is 0.565. The van der Waals surface area contributed by atoms with Crippen LogP contribution in [0.15, 0.2) is 29.3 Å². The van der Waals surface area contributed by atoms with Crippen molar-refractivity contribution in [3.8, 4) is 0 Å². The van der Waals surface area contributed by atoms with E-state index in [2.05, 4.69) is 4.99 Å². The first-order chi connectivity index (χ1) is 5.36. The van der Waals surface area contributed by atoms with Gasteiger partial charge in [0, 0.05) is 5.88 Å². The molecule has 0 aliphatic heterocycles. The molecule has 56 valence electrons. The van der Waals surface area contributed by atoms with Crippen molar-refractivity contribution in [2.24, 2.45) is 4.99 Å². The highest BCUT2D eigenvalue weighted by atomic mass is 35.5. The molecule has 0 saturated heterocycles. The number of nitrogens with zero attached hydrogens (tertiary/aromatic N) is 1. The molecular formula is C8H6ClNO. The molecule has 1 rings (SSSR count). The van der Waals surface area contributed by atoms with Crippen LogP contribution in [-0.2, 0) is 10.7 Å². The van der Waals surface area contributed by atoms with Gasteiger partial charge in [0.05, 0.1) is 5.69 Å². The topological polar surface area (TPSA) is 29.4 Å². The summed E-state index contributed by atoms with van der Waals surface area (Å²) >= 11 is 5.55. The Hall–Kier alpha value is -1.11. The van der Waals surface area contributed by atoms with E-state index in [0.29, 0.717) is 11.6 Å². The fraction of sp³-hybridized carbons (Fsp3) is 0.125. The summed E-state index contributed by atoms with van der Waals surface area (Å²) in [5.41, 5.74) is 1.62. The summed E-state index contributed by atoms with van der Waals surface area (Å²) in [5.74, 6) is 0.477. The van der Waals surface area contributed by atoms with E-state index in [1.165, 1.54) is 6.08 Å². The molecule has 0 amide bonds. The molecule has 0 unspecified atom stereocenters. The Morgan fingerprint density at radius 1 is 1.36 bits per heavy atom. The minimum Gasteiger partial charge on any atom is -0.211 e. The molecule has 2 nitrogen and oxygen atoms in total. The molecule has 0 bridgehead atoms. The SMILES string of the molecule is O=C=Nc1ccc(CCl)cc1. The minimum atomic E-state index is 0.477. The van der Waals surface area contributed by atoms with Crippen LogP contribution in [0, 0.1) is 0 Å². The Bertz CT molecular complexity index is 275. The number of carbonyl (C=O) groups excluding carboxylic acids is 1. The number of halogens is 1. The van der Waals surface area contributed by atoms with Crippen LogP contribution in [0.3, 0.4) is 0 Å². The maximum absolute atomic E-state index is 9.81. The third-order valence-electron chi connectivity index (χ3n) is 1.27. The largest absolute Gasteiger partial charge is 0.240 e. The van der Waals surface area contributed by atoms with E-state index in [9.17, 15) is 4.79 Å². The lowest BCUT2D eigenvalue weighted by Crippen LogP contribution is -1.73. The molecule has 0 aliphatic carbocycles. The van der Waals surface area contributed by atoms with Crippen LogP contribution < -0.4 is 0 Å². The quantitative estimate of drug-likeness (QED) is 0.378. The van der Waals surface area contributed by atoms with E-state index >= 15 is 0 Å². The molecule has 0 fully saturated rings. The van der Waals surface area contributed by atoms with E-state index < -0.39 is 0 Å². The second kappa shape index (κ2) is 3.91. The molecule has 1 aromatic carbocycles. The van der Waals surface area contributed by atoms with Crippen LogP contribution >= 0.6 is 11.6 Å². The Morgan fingerprint density at radius 2 is 2.00 bits per heavy atom. The fourth-order valence-corrected chi connectivity index (χ4v) is 0.890. The van der Waals surface area contributed by atoms with E-state index in [0.717, 1.165) is 5.56 Å². The summed E-state index contributed by atoms with van der Waals surface area (Å²) in [6.45, 7) is 0. The molecule has 0 radical (unpaired) electrons. The lowest BCUT2D eigenvalue weighted by Gasteiger charge is -1.93. The van der Waals surface area contributed by atoms with Gasteiger partial charge in [-0.1, -0.05) is 12.1 Å². The summed E-state index contributed by atoms with van der Waals surface area (Å²) in [4.78, 5) is 13.2. The molecule has 11 heavy (non-hydrogen) atoms. The third-order valence-corrected chi connectivity index (χ3v) is 1.57. The number of isocyanates is 1. The average Bonchev–Trinajstić information content (AvgIpc) is 2.07. The van der Waals surface area contributed by atoms with Gasteiger partial charge < -0.3 is 0 Å². The predicted molar refractivity (Wildman–Crippen MR) is 43.8 cm³/mol. The monoisotopic (exact) mass is 167 g/mol. The Kier molecular flexibility index (Phi) is 2.84. The number of rotatable bonds is 2. The summed E-state index contributed by atoms with van der Waals surface area (Å²) in [6.07, 6.45) is 1.46. The molecule has 0 spiro atoms. The molecule has 0 aromatic heterocycles. The Balaban J connectivity index is 2.91. The van der Waals surface area contributed by atoms with Gasteiger partial charge in [-0.05, 0) is 17.7 Å². The van der Waals surface area contributed by atoms with Gasteiger partial charge in [-0.2, -0.15) is 4.99 Å². The van der Waals surface area contributed by atoms with Crippen molar-refractivity contribution in [3.63, 3.8) is 0 Å². The van der Waals surface area contributed by atoms with Gasteiger partial charge in [0.15, 0.2) is 0 Å². The first-order valence-electron chi connectivity index (χ1n) is 3.09. The summed E-state index contributed by atoms with van der Waals surface area (Å²) in [6, 6.07) is 7.09. The zero-order chi connectivity index (χ0) is 8.10. The number of alkyl halides is 1. The van der Waals surface area contributed by atoms with Crippen molar-refractivity contribution in [2.75, 3.05) is 0 Å². The third kappa shape index (κ3) is 2.19. The first-order valence-corrected chi connectivity index (χ1v) is 3.63. The Morgan fingerprint density at radius 3 is 2.45 bits per heavy atom. The standard InChI is InChI=1S/C8H6ClNO/c9-5-7-1-3-8(4-2-7)10-6-11/h1-4H,5H2. The van der Waals surface area contributed by atoms with Crippen LogP contribution in [0.2, 0.25) is 0 Å². The highest BCUT2D eigenvalue weighted by Crippen LogP contribution is 2.12. The smallest absolute Gasteiger partial charge is 0.211 e. The maximum Gasteiger partial charge on any atom is 0.240 e. The summed E-state index contributed by atoms with van der Waals surface area (Å²) in [7, 11) is 0. The van der Waals surface area contributed by atoms with Crippen molar-refractivity contribution in [1.82, 2.24) is 0 Å². The first kappa shape index (κ1) is 7.99. The van der Waals surface area contributed by atoms with Crippen LogP contribution in [0.1, 0.15) is 5.56 Å². The predicted octanol–water partition coefficient (Wildman–Crippen LogP) is 2.39. The number of hydrogen-bond donors (Lipinski definition) is 0. The van der Waals surface area contributed by atoms with E-state index in [1.54, 1.807) is 12.1 Å². The zero-order valence-electron chi connectivity index (χ0n) is 5.75. The van der Waals surface area contributed by atoms with Gasteiger partial charge in [-0.15, -0.1) is 11.6 Å². The van der Waals surface area contributed by atoms with Crippen molar-refractivity contribution < 1.29 is 4.79 Å². The minimum absolute atomic E-state index is 0.477. The molecule has 0 aliphatic rings. The molecule has 0 atom stereocenters. The van der Waals surface area contributed by atoms with Gasteiger partial charge in [0.1, 0.15) is 0 Å². The summed E-state index contributed by atoms with van der Waals surface area (Å²) in [5, 5.41) is 0. The summed E-state index contributed by atoms with van der Waals surface area (Å²) < 4.78 is 0. The highest BCUT2D eigenvalue weighted by Gasteiger charge is 1.89. The van der Waals surface area contributed by atoms with Crippen molar-refractivity contribution in [2.45, 2.75) is 5.88 Å². The van der Waals surface area contributed by atoms with Crippen molar-refractivity contribution >= 4 is 23.4 Å².